The highest BCUT2D eigenvalue weighted by molar-refractivity contribution is 5.93. The van der Waals surface area contributed by atoms with Gasteiger partial charge in [-0.05, 0) is 34.9 Å². The molecule has 1 aromatic rings. The molecule has 0 spiro atoms. The third kappa shape index (κ3) is 5.14. The van der Waals surface area contributed by atoms with Gasteiger partial charge >= 0.3 is 0 Å². The summed E-state index contributed by atoms with van der Waals surface area (Å²) < 4.78 is 5.77. The van der Waals surface area contributed by atoms with Crippen molar-refractivity contribution in [3.63, 3.8) is 0 Å². The SMILES string of the molecule is CN(C)CC(=O)Nc1cnccc1OC(C)(C)C. The van der Waals surface area contributed by atoms with Crippen molar-refractivity contribution in [1.29, 1.82) is 0 Å². The van der Waals surface area contributed by atoms with E-state index in [4.69, 9.17) is 4.74 Å². The molecule has 1 heterocycles. The third-order valence-corrected chi connectivity index (χ3v) is 1.93. The Hall–Kier alpha value is -1.62. The summed E-state index contributed by atoms with van der Waals surface area (Å²) in [6.07, 6.45) is 3.23. The van der Waals surface area contributed by atoms with Crippen LogP contribution in [0.25, 0.3) is 0 Å². The Morgan fingerprint density at radius 3 is 2.67 bits per heavy atom. The van der Waals surface area contributed by atoms with E-state index in [1.165, 1.54) is 0 Å². The van der Waals surface area contributed by atoms with Gasteiger partial charge < -0.3 is 15.0 Å². The van der Waals surface area contributed by atoms with Crippen LogP contribution in [0.15, 0.2) is 18.5 Å². The normalized spacial score (nSPS) is 11.4. The van der Waals surface area contributed by atoms with E-state index in [1.807, 2.05) is 34.9 Å². The number of nitrogens with one attached hydrogen (secondary N) is 1. The second-order valence-corrected chi connectivity index (χ2v) is 5.37. The van der Waals surface area contributed by atoms with Gasteiger partial charge in [-0.15, -0.1) is 0 Å². The number of likely N-dealkylation sites (N-methyl/N-ethyl adjacent to an activating group) is 1. The van der Waals surface area contributed by atoms with Gasteiger partial charge in [0.25, 0.3) is 0 Å². The first kappa shape index (κ1) is 14.4. The zero-order chi connectivity index (χ0) is 13.8. The lowest BCUT2D eigenvalue weighted by Crippen LogP contribution is -2.28. The maximum absolute atomic E-state index is 11.7. The molecule has 5 heteroatoms. The molecule has 0 unspecified atom stereocenters. The summed E-state index contributed by atoms with van der Waals surface area (Å²) in [6, 6.07) is 1.75. The van der Waals surface area contributed by atoms with Gasteiger partial charge in [-0.25, -0.2) is 0 Å². The fourth-order valence-corrected chi connectivity index (χ4v) is 1.37. The van der Waals surface area contributed by atoms with Crippen LogP contribution in [-0.2, 0) is 4.79 Å². The fraction of sp³-hybridized carbons (Fsp3) is 0.538. The number of carbonyl (C=O) groups is 1. The predicted octanol–water partition coefficient (Wildman–Crippen LogP) is 1.76. The van der Waals surface area contributed by atoms with Crippen molar-refractivity contribution in [2.45, 2.75) is 26.4 Å². The van der Waals surface area contributed by atoms with Gasteiger partial charge in [0.05, 0.1) is 12.7 Å². The molecule has 0 saturated heterocycles. The lowest BCUT2D eigenvalue weighted by Gasteiger charge is -2.23. The Bertz CT molecular complexity index is 411. The number of amides is 1. The first-order valence-electron chi connectivity index (χ1n) is 5.85. The van der Waals surface area contributed by atoms with Crippen LogP contribution >= 0.6 is 0 Å². The Kier molecular flexibility index (Phi) is 4.67. The molecule has 18 heavy (non-hydrogen) atoms. The smallest absolute Gasteiger partial charge is 0.238 e. The van der Waals surface area contributed by atoms with Gasteiger partial charge in [-0.3, -0.25) is 9.78 Å². The van der Waals surface area contributed by atoms with Crippen LogP contribution in [0.1, 0.15) is 20.8 Å². The standard InChI is InChI=1S/C13H21N3O2/c1-13(2,3)18-11-6-7-14-8-10(11)15-12(17)9-16(4)5/h6-8H,9H2,1-5H3,(H,15,17). The largest absolute Gasteiger partial charge is 0.486 e. The molecule has 0 saturated carbocycles. The van der Waals surface area contributed by atoms with Gasteiger partial charge in [0.15, 0.2) is 0 Å². The number of hydrogen-bond donors (Lipinski definition) is 1. The van der Waals surface area contributed by atoms with Crippen LogP contribution in [-0.4, -0.2) is 42.0 Å². The van der Waals surface area contributed by atoms with Crippen molar-refractivity contribution in [3.8, 4) is 5.75 Å². The van der Waals surface area contributed by atoms with Crippen LogP contribution in [0.5, 0.6) is 5.75 Å². The Labute approximate surface area is 108 Å². The van der Waals surface area contributed by atoms with Crippen molar-refractivity contribution in [3.05, 3.63) is 18.5 Å². The molecule has 5 nitrogen and oxygen atoms in total. The summed E-state index contributed by atoms with van der Waals surface area (Å²) in [5, 5.41) is 2.80. The third-order valence-electron chi connectivity index (χ3n) is 1.93. The fourth-order valence-electron chi connectivity index (χ4n) is 1.37. The summed E-state index contributed by atoms with van der Waals surface area (Å²) in [6.45, 7) is 6.19. The van der Waals surface area contributed by atoms with E-state index in [0.717, 1.165) is 0 Å². The minimum atomic E-state index is -0.317. The highest BCUT2D eigenvalue weighted by Crippen LogP contribution is 2.26. The minimum Gasteiger partial charge on any atom is -0.486 e. The molecule has 100 valence electrons. The molecule has 0 radical (unpaired) electrons. The zero-order valence-corrected chi connectivity index (χ0v) is 11.7. The van der Waals surface area contributed by atoms with Gasteiger partial charge in [0, 0.05) is 12.3 Å². The molecule has 0 bridgehead atoms. The van der Waals surface area contributed by atoms with Gasteiger partial charge in [-0.1, -0.05) is 0 Å². The molecule has 1 amide bonds. The van der Waals surface area contributed by atoms with E-state index in [0.29, 0.717) is 18.0 Å². The minimum absolute atomic E-state index is 0.0910. The molecular formula is C13H21N3O2. The van der Waals surface area contributed by atoms with E-state index in [1.54, 1.807) is 23.4 Å². The summed E-state index contributed by atoms with van der Waals surface area (Å²) in [7, 11) is 3.69. The lowest BCUT2D eigenvalue weighted by molar-refractivity contribution is -0.116. The molecule has 0 aromatic carbocycles. The van der Waals surface area contributed by atoms with Crippen molar-refractivity contribution in [2.24, 2.45) is 0 Å². The summed E-state index contributed by atoms with van der Waals surface area (Å²) in [4.78, 5) is 17.5. The number of ether oxygens (including phenoxy) is 1. The molecular weight excluding hydrogens is 230 g/mol. The van der Waals surface area contributed by atoms with E-state index >= 15 is 0 Å². The molecule has 1 N–H and O–H groups in total. The molecule has 0 aliphatic heterocycles. The lowest BCUT2D eigenvalue weighted by atomic mass is 10.2. The number of hydrogen-bond acceptors (Lipinski definition) is 4. The number of pyridine rings is 1. The quantitative estimate of drug-likeness (QED) is 0.886. The maximum atomic E-state index is 11.7. The molecule has 0 fully saturated rings. The van der Waals surface area contributed by atoms with Gasteiger partial charge in [0.2, 0.25) is 5.91 Å². The van der Waals surface area contributed by atoms with Crippen molar-refractivity contribution < 1.29 is 9.53 Å². The molecule has 1 rings (SSSR count). The van der Waals surface area contributed by atoms with Gasteiger partial charge in [-0.2, -0.15) is 0 Å². The zero-order valence-electron chi connectivity index (χ0n) is 11.7. The predicted molar refractivity (Wildman–Crippen MR) is 71.8 cm³/mol. The number of carbonyl (C=O) groups excluding carboxylic acids is 1. The molecule has 1 aromatic heterocycles. The average Bonchev–Trinajstić information content (AvgIpc) is 2.17. The average molecular weight is 251 g/mol. The highest BCUT2D eigenvalue weighted by atomic mass is 16.5. The van der Waals surface area contributed by atoms with Crippen LogP contribution < -0.4 is 10.1 Å². The van der Waals surface area contributed by atoms with E-state index < -0.39 is 0 Å². The summed E-state index contributed by atoms with van der Waals surface area (Å²) in [5.74, 6) is 0.538. The Morgan fingerprint density at radius 2 is 2.11 bits per heavy atom. The van der Waals surface area contributed by atoms with Crippen molar-refractivity contribution in [2.75, 3.05) is 26.0 Å². The Morgan fingerprint density at radius 1 is 1.44 bits per heavy atom. The van der Waals surface area contributed by atoms with Crippen molar-refractivity contribution in [1.82, 2.24) is 9.88 Å². The van der Waals surface area contributed by atoms with Gasteiger partial charge in [0.1, 0.15) is 17.0 Å². The summed E-state index contributed by atoms with van der Waals surface area (Å²) >= 11 is 0. The molecule has 0 aliphatic carbocycles. The number of anilines is 1. The van der Waals surface area contributed by atoms with E-state index in [9.17, 15) is 4.79 Å². The maximum Gasteiger partial charge on any atom is 0.238 e. The second kappa shape index (κ2) is 5.82. The highest BCUT2D eigenvalue weighted by Gasteiger charge is 2.15. The van der Waals surface area contributed by atoms with Crippen LogP contribution in [0.2, 0.25) is 0 Å². The first-order chi connectivity index (χ1) is 8.28. The number of aromatic nitrogens is 1. The summed E-state index contributed by atoms with van der Waals surface area (Å²) in [5.41, 5.74) is 0.279. The van der Waals surface area contributed by atoms with E-state index in [-0.39, 0.29) is 11.5 Å². The van der Waals surface area contributed by atoms with Crippen LogP contribution in [0, 0.1) is 0 Å². The second-order valence-electron chi connectivity index (χ2n) is 5.37. The van der Waals surface area contributed by atoms with Crippen LogP contribution in [0.4, 0.5) is 5.69 Å². The van der Waals surface area contributed by atoms with Crippen LogP contribution in [0.3, 0.4) is 0 Å². The first-order valence-corrected chi connectivity index (χ1v) is 5.85. The number of nitrogens with zero attached hydrogens (tertiary/aromatic N) is 2. The number of rotatable bonds is 4. The monoisotopic (exact) mass is 251 g/mol. The van der Waals surface area contributed by atoms with E-state index in [2.05, 4.69) is 10.3 Å². The molecule has 0 atom stereocenters. The molecule has 0 aliphatic rings. The van der Waals surface area contributed by atoms with Crippen molar-refractivity contribution >= 4 is 11.6 Å². The Balaban J connectivity index is 2.79. The topological polar surface area (TPSA) is 54.5 Å².